The molecule has 136 valence electrons. The Morgan fingerprint density at radius 3 is 2.72 bits per heavy atom. The molecule has 1 unspecified atom stereocenters. The number of amides is 1. The van der Waals surface area contributed by atoms with Crippen molar-refractivity contribution in [2.24, 2.45) is 5.92 Å². The summed E-state index contributed by atoms with van der Waals surface area (Å²) in [6, 6.07) is 3.85. The third kappa shape index (κ3) is 3.79. The van der Waals surface area contributed by atoms with E-state index >= 15 is 0 Å². The van der Waals surface area contributed by atoms with Gasteiger partial charge >= 0.3 is 0 Å². The normalized spacial score (nSPS) is 17.6. The predicted octanol–water partition coefficient (Wildman–Crippen LogP) is 2.71. The standard InChI is InChI=1S/C19H28N4O2/c1-5-21(6-2)10-16-11-22(13-17-7-8-20-23(17)12-16)19(24)18-9-14(3)25-15(18)4/h7-9,16H,5-6,10-13H2,1-4H3. The minimum atomic E-state index is 0.0496. The molecule has 0 bridgehead atoms. The van der Waals surface area contributed by atoms with Crippen LogP contribution in [0.3, 0.4) is 0 Å². The number of aromatic nitrogens is 2. The van der Waals surface area contributed by atoms with E-state index < -0.39 is 0 Å². The summed E-state index contributed by atoms with van der Waals surface area (Å²) in [7, 11) is 0. The number of aryl methyl sites for hydroxylation is 2. The lowest BCUT2D eigenvalue weighted by atomic mass is 10.1. The van der Waals surface area contributed by atoms with Crippen molar-refractivity contribution >= 4 is 5.91 Å². The second-order valence-electron chi connectivity index (χ2n) is 6.87. The average molecular weight is 344 g/mol. The fourth-order valence-electron chi connectivity index (χ4n) is 3.66. The molecule has 2 aromatic rings. The van der Waals surface area contributed by atoms with Crippen molar-refractivity contribution in [1.29, 1.82) is 0 Å². The fourth-order valence-corrected chi connectivity index (χ4v) is 3.66. The van der Waals surface area contributed by atoms with E-state index in [0.717, 1.165) is 44.2 Å². The number of hydrogen-bond acceptors (Lipinski definition) is 4. The second-order valence-corrected chi connectivity index (χ2v) is 6.87. The van der Waals surface area contributed by atoms with Crippen LogP contribution in [0.15, 0.2) is 22.7 Å². The molecule has 0 aromatic carbocycles. The van der Waals surface area contributed by atoms with E-state index in [1.54, 1.807) is 0 Å². The first-order chi connectivity index (χ1) is 12.0. The summed E-state index contributed by atoms with van der Waals surface area (Å²) >= 11 is 0. The summed E-state index contributed by atoms with van der Waals surface area (Å²) in [6.07, 6.45) is 1.82. The molecule has 25 heavy (non-hydrogen) atoms. The van der Waals surface area contributed by atoms with Crippen LogP contribution in [0.5, 0.6) is 0 Å². The molecule has 3 rings (SSSR count). The number of hydrogen-bond donors (Lipinski definition) is 0. The first kappa shape index (κ1) is 17.7. The first-order valence-electron chi connectivity index (χ1n) is 9.11. The van der Waals surface area contributed by atoms with Gasteiger partial charge in [0.2, 0.25) is 0 Å². The monoisotopic (exact) mass is 344 g/mol. The molecule has 0 aliphatic carbocycles. The van der Waals surface area contributed by atoms with Crippen molar-refractivity contribution in [1.82, 2.24) is 19.6 Å². The van der Waals surface area contributed by atoms with Crippen LogP contribution in [0.4, 0.5) is 0 Å². The van der Waals surface area contributed by atoms with Gasteiger partial charge in [-0.15, -0.1) is 0 Å². The van der Waals surface area contributed by atoms with Gasteiger partial charge in [0.1, 0.15) is 11.5 Å². The molecule has 1 aliphatic heterocycles. The van der Waals surface area contributed by atoms with Gasteiger partial charge in [-0.25, -0.2) is 0 Å². The Hall–Kier alpha value is -2.08. The largest absolute Gasteiger partial charge is 0.466 e. The van der Waals surface area contributed by atoms with Gasteiger partial charge < -0.3 is 14.2 Å². The van der Waals surface area contributed by atoms with Crippen LogP contribution in [-0.4, -0.2) is 51.7 Å². The molecular weight excluding hydrogens is 316 g/mol. The minimum Gasteiger partial charge on any atom is -0.466 e. The molecule has 0 saturated heterocycles. The number of nitrogens with zero attached hydrogens (tertiary/aromatic N) is 4. The van der Waals surface area contributed by atoms with Gasteiger partial charge in [-0.05, 0) is 39.1 Å². The van der Waals surface area contributed by atoms with Crippen molar-refractivity contribution in [3.63, 3.8) is 0 Å². The zero-order chi connectivity index (χ0) is 18.0. The van der Waals surface area contributed by atoms with E-state index in [-0.39, 0.29) is 5.91 Å². The van der Waals surface area contributed by atoms with Crippen molar-refractivity contribution in [3.05, 3.63) is 41.1 Å². The molecule has 0 saturated carbocycles. The third-order valence-electron chi connectivity index (χ3n) is 5.04. The van der Waals surface area contributed by atoms with E-state index in [1.165, 1.54) is 0 Å². The molecule has 1 atom stereocenters. The van der Waals surface area contributed by atoms with E-state index in [2.05, 4.69) is 28.5 Å². The molecule has 0 fully saturated rings. The molecule has 1 aliphatic rings. The lowest BCUT2D eigenvalue weighted by Gasteiger charge is -2.28. The molecule has 0 N–H and O–H groups in total. The van der Waals surface area contributed by atoms with Crippen LogP contribution < -0.4 is 0 Å². The van der Waals surface area contributed by atoms with Gasteiger partial charge in [-0.1, -0.05) is 13.8 Å². The smallest absolute Gasteiger partial charge is 0.257 e. The summed E-state index contributed by atoms with van der Waals surface area (Å²) in [5, 5.41) is 4.46. The van der Waals surface area contributed by atoms with E-state index in [4.69, 9.17) is 4.42 Å². The summed E-state index contributed by atoms with van der Waals surface area (Å²) < 4.78 is 7.62. The van der Waals surface area contributed by atoms with Crippen LogP contribution >= 0.6 is 0 Å². The molecule has 2 aromatic heterocycles. The number of furan rings is 1. The Labute approximate surface area is 149 Å². The first-order valence-corrected chi connectivity index (χ1v) is 9.11. The minimum absolute atomic E-state index is 0.0496. The summed E-state index contributed by atoms with van der Waals surface area (Å²) in [5.41, 5.74) is 1.76. The third-order valence-corrected chi connectivity index (χ3v) is 5.04. The SMILES string of the molecule is CCN(CC)CC1CN(C(=O)c2cc(C)oc2C)Cc2ccnn2C1. The highest BCUT2D eigenvalue weighted by atomic mass is 16.3. The van der Waals surface area contributed by atoms with Crippen molar-refractivity contribution in [3.8, 4) is 0 Å². The van der Waals surface area contributed by atoms with Crippen LogP contribution in [0.2, 0.25) is 0 Å². The highest BCUT2D eigenvalue weighted by Gasteiger charge is 2.28. The Bertz CT molecular complexity index is 730. The number of carbonyl (C=O) groups is 1. The molecule has 6 heteroatoms. The summed E-state index contributed by atoms with van der Waals surface area (Å²) in [4.78, 5) is 17.5. The zero-order valence-corrected chi connectivity index (χ0v) is 15.7. The van der Waals surface area contributed by atoms with Crippen molar-refractivity contribution < 1.29 is 9.21 Å². The number of rotatable bonds is 5. The molecule has 0 radical (unpaired) electrons. The highest BCUT2D eigenvalue weighted by molar-refractivity contribution is 5.95. The van der Waals surface area contributed by atoms with Gasteiger partial charge in [0.05, 0.1) is 17.8 Å². The molecule has 3 heterocycles. The zero-order valence-electron chi connectivity index (χ0n) is 15.7. The lowest BCUT2D eigenvalue weighted by Crippen LogP contribution is -2.39. The second kappa shape index (κ2) is 7.44. The summed E-state index contributed by atoms with van der Waals surface area (Å²) in [5.74, 6) is 1.88. The average Bonchev–Trinajstić information content (AvgIpc) is 3.12. The number of fused-ring (bicyclic) bond motifs is 1. The maximum Gasteiger partial charge on any atom is 0.257 e. The van der Waals surface area contributed by atoms with E-state index in [1.807, 2.05) is 37.1 Å². The predicted molar refractivity (Wildman–Crippen MR) is 96.4 cm³/mol. The Balaban J connectivity index is 1.85. The quantitative estimate of drug-likeness (QED) is 0.837. The van der Waals surface area contributed by atoms with Crippen molar-refractivity contribution in [2.75, 3.05) is 26.2 Å². The van der Waals surface area contributed by atoms with Crippen molar-refractivity contribution in [2.45, 2.75) is 40.8 Å². The highest BCUT2D eigenvalue weighted by Crippen LogP contribution is 2.22. The van der Waals surface area contributed by atoms with Gasteiger partial charge in [-0.3, -0.25) is 9.48 Å². The van der Waals surface area contributed by atoms with Gasteiger partial charge in [0, 0.05) is 31.7 Å². The summed E-state index contributed by atoms with van der Waals surface area (Å²) in [6.45, 7) is 13.3. The molecule has 0 spiro atoms. The molecule has 6 nitrogen and oxygen atoms in total. The Morgan fingerprint density at radius 1 is 1.32 bits per heavy atom. The van der Waals surface area contributed by atoms with E-state index in [9.17, 15) is 4.79 Å². The maximum atomic E-state index is 13.1. The van der Waals surface area contributed by atoms with Gasteiger partial charge in [0.15, 0.2) is 0 Å². The molecule has 1 amide bonds. The van der Waals surface area contributed by atoms with Crippen LogP contribution in [0.25, 0.3) is 0 Å². The topological polar surface area (TPSA) is 54.5 Å². The van der Waals surface area contributed by atoms with E-state index in [0.29, 0.717) is 23.8 Å². The maximum absolute atomic E-state index is 13.1. The van der Waals surface area contributed by atoms with Gasteiger partial charge in [-0.2, -0.15) is 5.10 Å². The lowest BCUT2D eigenvalue weighted by molar-refractivity contribution is 0.0704. The Kier molecular flexibility index (Phi) is 5.27. The van der Waals surface area contributed by atoms with Crippen LogP contribution in [0, 0.1) is 19.8 Å². The number of carbonyl (C=O) groups excluding carboxylic acids is 1. The fraction of sp³-hybridized carbons (Fsp3) is 0.579. The van der Waals surface area contributed by atoms with Crippen LogP contribution in [-0.2, 0) is 13.1 Å². The Morgan fingerprint density at radius 2 is 2.08 bits per heavy atom. The molecular formula is C19H28N4O2. The van der Waals surface area contributed by atoms with Gasteiger partial charge in [0.25, 0.3) is 5.91 Å². The van der Waals surface area contributed by atoms with Crippen LogP contribution in [0.1, 0.15) is 41.4 Å².